The summed E-state index contributed by atoms with van der Waals surface area (Å²) in [6, 6.07) is 11.8. The van der Waals surface area contributed by atoms with Crippen molar-refractivity contribution in [3.63, 3.8) is 0 Å². The molecule has 2 aromatic carbocycles. The number of nitrogens with one attached hydrogen (secondary N) is 1. The third-order valence-electron chi connectivity index (χ3n) is 4.93. The molecule has 1 aliphatic heterocycles. The number of halogens is 2. The summed E-state index contributed by atoms with van der Waals surface area (Å²) in [6.07, 6.45) is 0.991. The van der Waals surface area contributed by atoms with Gasteiger partial charge in [0.2, 0.25) is 5.91 Å². The minimum Gasteiger partial charge on any atom is -0.356 e. The molecule has 0 bridgehead atoms. The quantitative estimate of drug-likeness (QED) is 0.736. The van der Waals surface area contributed by atoms with Crippen molar-refractivity contribution >= 4 is 28.4 Å². The van der Waals surface area contributed by atoms with Crippen molar-refractivity contribution in [1.82, 2.24) is 9.88 Å². The van der Waals surface area contributed by atoms with E-state index >= 15 is 0 Å². The fourth-order valence-electron chi connectivity index (χ4n) is 3.82. The maximum Gasteiger partial charge on any atom is 0.224 e. The molecule has 0 saturated carbocycles. The summed E-state index contributed by atoms with van der Waals surface area (Å²) in [5, 5.41) is 1.73. The van der Waals surface area contributed by atoms with Crippen molar-refractivity contribution in [1.29, 1.82) is 0 Å². The molecule has 0 aliphatic carbocycles. The Morgan fingerprint density at radius 3 is 2.92 bits per heavy atom. The lowest BCUT2D eigenvalue weighted by atomic mass is 9.92. The molecule has 6 heteroatoms. The molecule has 1 unspecified atom stereocenters. The van der Waals surface area contributed by atoms with E-state index in [0.717, 1.165) is 34.1 Å². The Balaban J connectivity index is 1.89. The van der Waals surface area contributed by atoms with Crippen LogP contribution in [0.3, 0.4) is 0 Å². The third kappa shape index (κ3) is 2.87. The standard InChI is InChI=1S/C20H19ClFN3O/c21-13-4-5-17-16(11-13)15-7-9-25(18(26)6-8-23)20(19(15)24-17)12-2-1-3-14(22)10-12/h1-5,10-11,20,24H,6-9,23H2. The van der Waals surface area contributed by atoms with Crippen LogP contribution >= 0.6 is 11.6 Å². The molecule has 3 N–H and O–H groups in total. The molecule has 26 heavy (non-hydrogen) atoms. The van der Waals surface area contributed by atoms with E-state index in [-0.39, 0.29) is 24.2 Å². The Labute approximate surface area is 155 Å². The van der Waals surface area contributed by atoms with Gasteiger partial charge in [0.05, 0.1) is 6.04 Å². The normalized spacial score (nSPS) is 16.7. The van der Waals surface area contributed by atoms with Crippen LogP contribution in [0.1, 0.15) is 29.3 Å². The summed E-state index contributed by atoms with van der Waals surface area (Å²) in [5.74, 6) is -0.343. The Morgan fingerprint density at radius 2 is 2.15 bits per heavy atom. The molecule has 134 valence electrons. The number of H-pyrrole nitrogens is 1. The first-order valence-corrected chi connectivity index (χ1v) is 9.01. The lowest BCUT2D eigenvalue weighted by Crippen LogP contribution is -2.41. The van der Waals surface area contributed by atoms with Crippen molar-refractivity contribution < 1.29 is 9.18 Å². The van der Waals surface area contributed by atoms with Crippen LogP contribution in [0.5, 0.6) is 0 Å². The molecular formula is C20H19ClFN3O. The lowest BCUT2D eigenvalue weighted by Gasteiger charge is -2.36. The first-order chi connectivity index (χ1) is 12.6. The van der Waals surface area contributed by atoms with E-state index in [1.165, 1.54) is 12.1 Å². The van der Waals surface area contributed by atoms with E-state index < -0.39 is 0 Å². The number of rotatable bonds is 3. The van der Waals surface area contributed by atoms with Crippen LogP contribution < -0.4 is 5.73 Å². The zero-order chi connectivity index (χ0) is 18.3. The van der Waals surface area contributed by atoms with Gasteiger partial charge in [-0.1, -0.05) is 23.7 Å². The van der Waals surface area contributed by atoms with Gasteiger partial charge in [-0.15, -0.1) is 0 Å². The van der Waals surface area contributed by atoms with Gasteiger partial charge in [0.1, 0.15) is 5.82 Å². The predicted molar refractivity (Wildman–Crippen MR) is 101 cm³/mol. The molecule has 0 radical (unpaired) electrons. The van der Waals surface area contributed by atoms with Crippen LogP contribution in [0, 0.1) is 5.82 Å². The fourth-order valence-corrected chi connectivity index (χ4v) is 3.99. The molecule has 1 aromatic heterocycles. The molecule has 1 amide bonds. The smallest absolute Gasteiger partial charge is 0.224 e. The molecule has 1 aliphatic rings. The SMILES string of the molecule is NCCC(=O)N1CCc2c([nH]c3ccc(Cl)cc23)C1c1cccc(F)c1. The Bertz CT molecular complexity index is 984. The molecule has 2 heterocycles. The second kappa shape index (κ2) is 6.74. The van der Waals surface area contributed by atoms with Crippen LogP contribution in [-0.4, -0.2) is 28.9 Å². The summed E-state index contributed by atoms with van der Waals surface area (Å²) in [6.45, 7) is 0.854. The average Bonchev–Trinajstić information content (AvgIpc) is 2.99. The first kappa shape index (κ1) is 17.1. The molecular weight excluding hydrogens is 353 g/mol. The number of carbonyl (C=O) groups excluding carboxylic acids is 1. The van der Waals surface area contributed by atoms with Crippen molar-refractivity contribution in [2.45, 2.75) is 18.9 Å². The van der Waals surface area contributed by atoms with Crippen molar-refractivity contribution in [3.05, 3.63) is 70.1 Å². The van der Waals surface area contributed by atoms with Gasteiger partial charge in [-0.2, -0.15) is 0 Å². The molecule has 3 aromatic rings. The van der Waals surface area contributed by atoms with Gasteiger partial charge >= 0.3 is 0 Å². The highest BCUT2D eigenvalue weighted by atomic mass is 35.5. The zero-order valence-corrected chi connectivity index (χ0v) is 14.9. The van der Waals surface area contributed by atoms with E-state index in [1.54, 1.807) is 11.0 Å². The summed E-state index contributed by atoms with van der Waals surface area (Å²) < 4.78 is 13.9. The zero-order valence-electron chi connectivity index (χ0n) is 14.1. The molecule has 0 saturated heterocycles. The van der Waals surface area contributed by atoms with E-state index in [4.69, 9.17) is 17.3 Å². The minimum absolute atomic E-state index is 0.0240. The third-order valence-corrected chi connectivity index (χ3v) is 5.17. The summed E-state index contributed by atoms with van der Waals surface area (Å²) >= 11 is 6.17. The van der Waals surface area contributed by atoms with Gasteiger partial charge in [-0.05, 0) is 47.9 Å². The second-order valence-electron chi connectivity index (χ2n) is 6.54. The van der Waals surface area contributed by atoms with E-state index in [0.29, 0.717) is 18.1 Å². The number of fused-ring (bicyclic) bond motifs is 3. The van der Waals surface area contributed by atoms with Gasteiger partial charge in [0, 0.05) is 41.1 Å². The van der Waals surface area contributed by atoms with Crippen LogP contribution in [0.25, 0.3) is 10.9 Å². The second-order valence-corrected chi connectivity index (χ2v) is 6.98. The summed E-state index contributed by atoms with van der Waals surface area (Å²) in [5.41, 5.74) is 9.35. The number of amides is 1. The fraction of sp³-hybridized carbons (Fsp3) is 0.250. The van der Waals surface area contributed by atoms with Crippen LogP contribution in [0.4, 0.5) is 4.39 Å². The number of carbonyl (C=O) groups is 1. The molecule has 0 fully saturated rings. The number of nitrogens with two attached hydrogens (primary N) is 1. The molecule has 1 atom stereocenters. The van der Waals surface area contributed by atoms with Crippen LogP contribution in [0.2, 0.25) is 5.02 Å². The number of benzene rings is 2. The monoisotopic (exact) mass is 371 g/mol. The van der Waals surface area contributed by atoms with Gasteiger partial charge in [0.25, 0.3) is 0 Å². The Hall–Kier alpha value is -2.37. The number of aromatic amines is 1. The van der Waals surface area contributed by atoms with Gasteiger partial charge < -0.3 is 15.6 Å². The predicted octanol–water partition coefficient (Wildman–Crippen LogP) is 3.78. The molecule has 4 rings (SSSR count). The highest BCUT2D eigenvalue weighted by Gasteiger charge is 2.34. The van der Waals surface area contributed by atoms with Crippen LogP contribution in [-0.2, 0) is 11.2 Å². The topological polar surface area (TPSA) is 62.1 Å². The average molecular weight is 372 g/mol. The van der Waals surface area contributed by atoms with Crippen molar-refractivity contribution in [2.24, 2.45) is 5.73 Å². The van der Waals surface area contributed by atoms with Gasteiger partial charge in [0.15, 0.2) is 0 Å². The number of hydrogen-bond acceptors (Lipinski definition) is 2. The van der Waals surface area contributed by atoms with Crippen molar-refractivity contribution in [2.75, 3.05) is 13.1 Å². The highest BCUT2D eigenvalue weighted by Crippen LogP contribution is 2.39. The maximum atomic E-state index is 13.9. The minimum atomic E-state index is -0.361. The largest absolute Gasteiger partial charge is 0.356 e. The number of nitrogens with zero attached hydrogens (tertiary/aromatic N) is 1. The first-order valence-electron chi connectivity index (χ1n) is 8.63. The highest BCUT2D eigenvalue weighted by molar-refractivity contribution is 6.31. The lowest BCUT2D eigenvalue weighted by molar-refractivity contribution is -0.133. The van der Waals surface area contributed by atoms with E-state index in [2.05, 4.69) is 4.98 Å². The Kier molecular flexibility index (Phi) is 4.42. The Morgan fingerprint density at radius 1 is 1.31 bits per heavy atom. The van der Waals surface area contributed by atoms with Crippen molar-refractivity contribution in [3.8, 4) is 0 Å². The van der Waals surface area contributed by atoms with E-state index in [9.17, 15) is 9.18 Å². The van der Waals surface area contributed by atoms with Crippen LogP contribution in [0.15, 0.2) is 42.5 Å². The summed E-state index contributed by atoms with van der Waals surface area (Å²) in [7, 11) is 0. The van der Waals surface area contributed by atoms with Gasteiger partial charge in [-0.25, -0.2) is 4.39 Å². The number of hydrogen-bond donors (Lipinski definition) is 2. The van der Waals surface area contributed by atoms with Gasteiger partial charge in [-0.3, -0.25) is 4.79 Å². The summed E-state index contributed by atoms with van der Waals surface area (Å²) in [4.78, 5) is 17.9. The maximum absolute atomic E-state index is 13.9. The number of aromatic nitrogens is 1. The van der Waals surface area contributed by atoms with E-state index in [1.807, 2.05) is 24.3 Å². The molecule has 4 nitrogen and oxygen atoms in total. The molecule has 0 spiro atoms.